The van der Waals surface area contributed by atoms with E-state index in [-0.39, 0.29) is 12.4 Å². The van der Waals surface area contributed by atoms with Gasteiger partial charge in [-0.2, -0.15) is 0 Å². The molecule has 4 rings (SSSR count). The van der Waals surface area contributed by atoms with Crippen LogP contribution in [-0.2, 0) is 6.61 Å². The third-order valence-electron chi connectivity index (χ3n) is 4.06. The number of ketones is 1. The van der Waals surface area contributed by atoms with E-state index in [0.29, 0.717) is 5.56 Å². The van der Waals surface area contributed by atoms with Crippen LogP contribution in [0.25, 0.3) is 21.9 Å². The molecular formula is C18H11BrO2. The molecule has 0 atom stereocenters. The molecule has 0 heterocycles. The number of hydrogen-bond acceptors (Lipinski definition) is 2. The highest BCUT2D eigenvalue weighted by atomic mass is 79.9. The van der Waals surface area contributed by atoms with Crippen molar-refractivity contribution in [1.82, 2.24) is 0 Å². The predicted octanol–water partition coefficient (Wildman–Crippen LogP) is 4.31. The van der Waals surface area contributed by atoms with Gasteiger partial charge in [-0.05, 0) is 34.2 Å². The molecule has 1 aliphatic rings. The minimum absolute atomic E-state index is 0.0262. The zero-order valence-corrected chi connectivity index (χ0v) is 12.6. The third-order valence-corrected chi connectivity index (χ3v) is 4.56. The lowest BCUT2D eigenvalue weighted by Gasteiger charge is -2.21. The van der Waals surface area contributed by atoms with Crippen molar-refractivity contribution in [3.63, 3.8) is 0 Å². The SMILES string of the molecule is O=C1c2cc(Br)ccc2-c2ccc(CO)c3cccc1c23. The zero-order chi connectivity index (χ0) is 14.6. The van der Waals surface area contributed by atoms with E-state index < -0.39 is 0 Å². The van der Waals surface area contributed by atoms with Gasteiger partial charge in [0.05, 0.1) is 6.61 Å². The van der Waals surface area contributed by atoms with Gasteiger partial charge in [-0.25, -0.2) is 0 Å². The molecule has 0 fully saturated rings. The maximum absolute atomic E-state index is 12.8. The molecule has 0 radical (unpaired) electrons. The van der Waals surface area contributed by atoms with Crippen LogP contribution >= 0.6 is 15.9 Å². The normalized spacial score (nSPS) is 12.6. The quantitative estimate of drug-likeness (QED) is 0.561. The Morgan fingerprint density at radius 2 is 1.71 bits per heavy atom. The lowest BCUT2D eigenvalue weighted by atomic mass is 9.82. The number of benzene rings is 3. The lowest BCUT2D eigenvalue weighted by molar-refractivity contribution is 0.104. The molecule has 3 aromatic carbocycles. The Bertz CT molecular complexity index is 912. The Labute approximate surface area is 130 Å². The molecule has 102 valence electrons. The molecule has 3 heteroatoms. The largest absolute Gasteiger partial charge is 0.392 e. The summed E-state index contributed by atoms with van der Waals surface area (Å²) in [5, 5.41) is 11.4. The molecule has 0 amide bonds. The van der Waals surface area contributed by atoms with Gasteiger partial charge in [0.1, 0.15) is 0 Å². The summed E-state index contributed by atoms with van der Waals surface area (Å²) in [5.74, 6) is 0.0412. The van der Waals surface area contributed by atoms with E-state index in [1.807, 2.05) is 48.5 Å². The smallest absolute Gasteiger partial charge is 0.194 e. The minimum Gasteiger partial charge on any atom is -0.392 e. The average Bonchev–Trinajstić information content (AvgIpc) is 2.52. The first-order valence-electron chi connectivity index (χ1n) is 6.71. The second kappa shape index (κ2) is 4.52. The second-order valence-electron chi connectivity index (χ2n) is 5.18. The van der Waals surface area contributed by atoms with Crippen LogP contribution in [0.4, 0.5) is 0 Å². The van der Waals surface area contributed by atoms with Gasteiger partial charge in [0.2, 0.25) is 0 Å². The maximum atomic E-state index is 12.8. The first-order chi connectivity index (χ1) is 10.2. The minimum atomic E-state index is -0.0262. The molecule has 3 aromatic rings. The summed E-state index contributed by atoms with van der Waals surface area (Å²) in [4.78, 5) is 12.8. The third kappa shape index (κ3) is 1.71. The fourth-order valence-electron chi connectivity index (χ4n) is 3.10. The van der Waals surface area contributed by atoms with Crippen molar-refractivity contribution in [2.24, 2.45) is 0 Å². The molecule has 0 spiro atoms. The lowest BCUT2D eigenvalue weighted by Crippen LogP contribution is -2.10. The van der Waals surface area contributed by atoms with Crippen molar-refractivity contribution in [2.45, 2.75) is 6.61 Å². The number of carbonyl (C=O) groups excluding carboxylic acids is 1. The second-order valence-corrected chi connectivity index (χ2v) is 6.09. The molecule has 0 aromatic heterocycles. The van der Waals surface area contributed by atoms with Crippen LogP contribution in [0.2, 0.25) is 0 Å². The van der Waals surface area contributed by atoms with Crippen LogP contribution in [-0.4, -0.2) is 10.9 Å². The summed E-state index contributed by atoms with van der Waals surface area (Å²) in [7, 11) is 0. The number of aliphatic hydroxyl groups excluding tert-OH is 1. The molecule has 0 unspecified atom stereocenters. The highest BCUT2D eigenvalue weighted by molar-refractivity contribution is 9.10. The van der Waals surface area contributed by atoms with Gasteiger partial charge in [0, 0.05) is 21.0 Å². The van der Waals surface area contributed by atoms with Crippen molar-refractivity contribution in [3.8, 4) is 11.1 Å². The highest BCUT2D eigenvalue weighted by Crippen LogP contribution is 2.41. The van der Waals surface area contributed by atoms with Crippen LogP contribution < -0.4 is 0 Å². The van der Waals surface area contributed by atoms with Crippen molar-refractivity contribution in [1.29, 1.82) is 0 Å². The van der Waals surface area contributed by atoms with Crippen LogP contribution in [0.15, 0.2) is 53.0 Å². The van der Waals surface area contributed by atoms with Crippen LogP contribution in [0.5, 0.6) is 0 Å². The Balaban J connectivity index is 2.20. The summed E-state index contributed by atoms with van der Waals surface area (Å²) in [6.07, 6.45) is 0. The summed E-state index contributed by atoms with van der Waals surface area (Å²) < 4.78 is 0.900. The molecule has 0 saturated carbocycles. The van der Waals surface area contributed by atoms with E-state index in [9.17, 15) is 9.90 Å². The van der Waals surface area contributed by atoms with E-state index in [2.05, 4.69) is 15.9 Å². The van der Waals surface area contributed by atoms with Gasteiger partial charge in [-0.1, -0.05) is 52.3 Å². The van der Waals surface area contributed by atoms with Crippen molar-refractivity contribution >= 4 is 32.5 Å². The number of carbonyl (C=O) groups is 1. The van der Waals surface area contributed by atoms with Gasteiger partial charge >= 0.3 is 0 Å². The van der Waals surface area contributed by atoms with Crippen molar-refractivity contribution in [2.75, 3.05) is 0 Å². The summed E-state index contributed by atoms with van der Waals surface area (Å²) in [6.45, 7) is -0.0262. The molecule has 0 bridgehead atoms. The molecule has 0 saturated heterocycles. The number of halogens is 1. The number of aliphatic hydroxyl groups is 1. The molecular weight excluding hydrogens is 328 g/mol. The van der Waals surface area contributed by atoms with Crippen molar-refractivity contribution in [3.05, 3.63) is 69.7 Å². The maximum Gasteiger partial charge on any atom is 0.194 e. The van der Waals surface area contributed by atoms with E-state index in [1.54, 1.807) is 0 Å². The fraction of sp³-hybridized carbons (Fsp3) is 0.0556. The standard InChI is InChI=1S/C18H11BrO2/c19-11-5-7-13-14-6-4-10(9-20)12-2-1-3-15(17(12)14)18(21)16(13)8-11/h1-8,20H,9H2. The van der Waals surface area contributed by atoms with Crippen LogP contribution in [0.1, 0.15) is 21.5 Å². The van der Waals surface area contributed by atoms with E-state index >= 15 is 0 Å². The molecule has 0 aliphatic heterocycles. The van der Waals surface area contributed by atoms with E-state index in [0.717, 1.165) is 37.5 Å². The van der Waals surface area contributed by atoms with Gasteiger partial charge in [0.25, 0.3) is 0 Å². The van der Waals surface area contributed by atoms with Crippen LogP contribution in [0.3, 0.4) is 0 Å². The Hall–Kier alpha value is -1.97. The highest BCUT2D eigenvalue weighted by Gasteiger charge is 2.25. The Morgan fingerprint density at radius 3 is 2.52 bits per heavy atom. The summed E-state index contributed by atoms with van der Waals surface area (Å²) in [6, 6.07) is 15.4. The monoisotopic (exact) mass is 338 g/mol. The average molecular weight is 339 g/mol. The molecule has 1 N–H and O–H groups in total. The van der Waals surface area contributed by atoms with Gasteiger partial charge in [0.15, 0.2) is 5.78 Å². The first kappa shape index (κ1) is 12.7. The summed E-state index contributed by atoms with van der Waals surface area (Å²) >= 11 is 3.43. The van der Waals surface area contributed by atoms with Crippen LogP contribution in [0, 0.1) is 0 Å². The van der Waals surface area contributed by atoms with Gasteiger partial charge in [-0.3, -0.25) is 4.79 Å². The summed E-state index contributed by atoms with van der Waals surface area (Å²) in [5.41, 5.74) is 4.30. The van der Waals surface area contributed by atoms with E-state index in [4.69, 9.17) is 0 Å². The molecule has 21 heavy (non-hydrogen) atoms. The molecule has 1 aliphatic carbocycles. The Kier molecular flexibility index (Phi) is 2.74. The number of fused-ring (bicyclic) bond motifs is 2. The predicted molar refractivity (Wildman–Crippen MR) is 86.4 cm³/mol. The fourth-order valence-corrected chi connectivity index (χ4v) is 3.46. The zero-order valence-electron chi connectivity index (χ0n) is 11.1. The van der Waals surface area contributed by atoms with Crippen molar-refractivity contribution < 1.29 is 9.90 Å². The van der Waals surface area contributed by atoms with Gasteiger partial charge < -0.3 is 5.11 Å². The van der Waals surface area contributed by atoms with E-state index in [1.165, 1.54) is 0 Å². The number of hydrogen-bond donors (Lipinski definition) is 1. The Morgan fingerprint density at radius 1 is 0.905 bits per heavy atom. The molecule has 2 nitrogen and oxygen atoms in total. The topological polar surface area (TPSA) is 37.3 Å². The first-order valence-corrected chi connectivity index (χ1v) is 7.50. The van der Waals surface area contributed by atoms with Gasteiger partial charge in [-0.15, -0.1) is 0 Å². The number of rotatable bonds is 1.